The van der Waals surface area contributed by atoms with Crippen LogP contribution in [0.4, 0.5) is 0 Å². The first kappa shape index (κ1) is 21.9. The molecule has 0 fully saturated rings. The zero-order chi connectivity index (χ0) is 22.7. The highest BCUT2D eigenvalue weighted by Gasteiger charge is 2.28. The molecule has 3 heteroatoms. The van der Waals surface area contributed by atoms with Gasteiger partial charge in [-0.25, -0.2) is 0 Å². The lowest BCUT2D eigenvalue weighted by atomic mass is 9.94. The van der Waals surface area contributed by atoms with Crippen LogP contribution in [0.3, 0.4) is 0 Å². The highest BCUT2D eigenvalue weighted by atomic mass is 16.5. The Balaban J connectivity index is 1.75. The second-order valence-electron chi connectivity index (χ2n) is 9.14. The molecular weight excluding hydrogens is 396 g/mol. The topological polar surface area (TPSA) is 35.5 Å². The highest BCUT2D eigenvalue weighted by molar-refractivity contribution is 6.16. The summed E-state index contributed by atoms with van der Waals surface area (Å²) in [6.07, 6.45) is 1.55. The summed E-state index contributed by atoms with van der Waals surface area (Å²) in [6.45, 7) is 8.79. The Hall–Kier alpha value is -3.33. The molecule has 0 heterocycles. The molecule has 0 unspecified atom stereocenters. The molecule has 1 aliphatic carbocycles. The minimum atomic E-state index is -0.325. The molecule has 3 nitrogen and oxygen atoms in total. The number of rotatable bonds is 7. The lowest BCUT2D eigenvalue weighted by molar-refractivity contribution is 0.102. The molecule has 4 rings (SSSR count). The van der Waals surface area contributed by atoms with Crippen LogP contribution in [0.15, 0.2) is 78.4 Å². The monoisotopic (exact) mass is 426 g/mol. The van der Waals surface area contributed by atoms with Crippen LogP contribution in [0.5, 0.6) is 11.5 Å². The fraction of sp³-hybridized carbons (Fsp3) is 0.276. The number of hydrogen-bond donors (Lipinski definition) is 0. The van der Waals surface area contributed by atoms with E-state index in [4.69, 9.17) is 9.47 Å². The van der Waals surface area contributed by atoms with E-state index in [-0.39, 0.29) is 11.4 Å². The normalized spacial score (nSPS) is 13.1. The molecule has 32 heavy (non-hydrogen) atoms. The fourth-order valence-electron chi connectivity index (χ4n) is 4.07. The summed E-state index contributed by atoms with van der Waals surface area (Å²) in [4.78, 5) is 13.7. The van der Waals surface area contributed by atoms with Gasteiger partial charge in [0, 0.05) is 17.6 Å². The van der Waals surface area contributed by atoms with Gasteiger partial charge in [0.2, 0.25) is 0 Å². The Labute approximate surface area is 190 Å². The molecule has 0 aliphatic heterocycles. The molecule has 0 saturated heterocycles. The number of ether oxygens (including phenoxy) is 2. The Kier molecular flexibility index (Phi) is 6.18. The molecule has 3 aromatic rings. The number of hydrogen-bond acceptors (Lipinski definition) is 3. The molecule has 1 aliphatic rings. The lowest BCUT2D eigenvalue weighted by Crippen LogP contribution is -2.23. The van der Waals surface area contributed by atoms with E-state index in [1.54, 1.807) is 0 Å². The third-order valence-corrected chi connectivity index (χ3v) is 5.34. The van der Waals surface area contributed by atoms with Crippen molar-refractivity contribution in [2.45, 2.75) is 46.1 Å². The average Bonchev–Trinajstić information content (AvgIpc) is 3.15. The van der Waals surface area contributed by atoms with Crippen LogP contribution in [0.1, 0.15) is 61.2 Å². The summed E-state index contributed by atoms with van der Waals surface area (Å²) in [5.41, 5.74) is 5.42. The fourth-order valence-corrected chi connectivity index (χ4v) is 4.07. The number of benzene rings is 3. The van der Waals surface area contributed by atoms with Crippen LogP contribution < -0.4 is 9.47 Å². The summed E-state index contributed by atoms with van der Waals surface area (Å²) in [7, 11) is 0. The van der Waals surface area contributed by atoms with Crippen LogP contribution in [0, 0.1) is 0 Å². The largest absolute Gasteiger partial charge is 0.494 e. The van der Waals surface area contributed by atoms with Crippen LogP contribution in [0.2, 0.25) is 0 Å². The smallest absolute Gasteiger partial charge is 0.190 e. The molecule has 3 aromatic carbocycles. The van der Waals surface area contributed by atoms with Gasteiger partial charge >= 0.3 is 0 Å². The molecule has 0 atom stereocenters. The second kappa shape index (κ2) is 9.04. The molecule has 164 valence electrons. The predicted octanol–water partition coefficient (Wildman–Crippen LogP) is 6.89. The van der Waals surface area contributed by atoms with E-state index < -0.39 is 0 Å². The van der Waals surface area contributed by atoms with Crippen LogP contribution in [-0.4, -0.2) is 18.0 Å². The van der Waals surface area contributed by atoms with Gasteiger partial charge in [0.15, 0.2) is 5.78 Å². The first-order valence-corrected chi connectivity index (χ1v) is 11.2. The first-order chi connectivity index (χ1) is 15.4. The number of ketones is 1. The number of carbonyl (C=O) groups is 1. The van der Waals surface area contributed by atoms with E-state index in [0.29, 0.717) is 24.3 Å². The van der Waals surface area contributed by atoms with Gasteiger partial charge in [0.1, 0.15) is 17.1 Å². The lowest BCUT2D eigenvalue weighted by Gasteiger charge is -2.21. The standard InChI is InChI=1S/C29H30O3/c1-5-16-31-23-14-15-25-22(18-23)19-26(27(25)20-10-7-6-8-11-20)28(30)21-12-9-13-24(17-21)32-29(2,3)4/h6-15,17-18H,5,16,19H2,1-4H3. The van der Waals surface area contributed by atoms with Gasteiger partial charge in [-0.1, -0.05) is 55.5 Å². The second-order valence-corrected chi connectivity index (χ2v) is 9.14. The van der Waals surface area contributed by atoms with Crippen molar-refractivity contribution in [3.63, 3.8) is 0 Å². The minimum Gasteiger partial charge on any atom is -0.494 e. The zero-order valence-electron chi connectivity index (χ0n) is 19.3. The number of carbonyl (C=O) groups excluding carboxylic acids is 1. The molecule has 0 aromatic heterocycles. The van der Waals surface area contributed by atoms with Crippen molar-refractivity contribution in [3.05, 3.63) is 101 Å². The van der Waals surface area contributed by atoms with Gasteiger partial charge in [0.25, 0.3) is 0 Å². The first-order valence-electron chi connectivity index (χ1n) is 11.2. The van der Waals surface area contributed by atoms with Gasteiger partial charge in [-0.3, -0.25) is 4.79 Å². The van der Waals surface area contributed by atoms with Gasteiger partial charge in [-0.2, -0.15) is 0 Å². The van der Waals surface area contributed by atoms with Crippen molar-refractivity contribution in [2.24, 2.45) is 0 Å². The highest BCUT2D eigenvalue weighted by Crippen LogP contribution is 2.40. The van der Waals surface area contributed by atoms with Crippen molar-refractivity contribution < 1.29 is 14.3 Å². The molecule has 0 saturated carbocycles. The molecular formula is C29H30O3. The molecule has 0 radical (unpaired) electrons. The van der Waals surface area contributed by atoms with Gasteiger partial charge in [0.05, 0.1) is 6.61 Å². The van der Waals surface area contributed by atoms with Gasteiger partial charge < -0.3 is 9.47 Å². The molecule has 0 N–H and O–H groups in total. The number of fused-ring (bicyclic) bond motifs is 1. The maximum atomic E-state index is 13.7. The van der Waals surface area contributed by atoms with E-state index in [1.807, 2.05) is 69.3 Å². The van der Waals surface area contributed by atoms with Crippen LogP contribution in [-0.2, 0) is 6.42 Å². The summed E-state index contributed by atoms with van der Waals surface area (Å²) in [5.74, 6) is 1.60. The average molecular weight is 427 g/mol. The summed E-state index contributed by atoms with van der Waals surface area (Å²) >= 11 is 0. The van der Waals surface area contributed by atoms with Crippen LogP contribution >= 0.6 is 0 Å². The van der Waals surface area contributed by atoms with Gasteiger partial charge in [-0.05, 0) is 73.7 Å². The molecule has 0 bridgehead atoms. The Bertz CT molecular complexity index is 1150. The van der Waals surface area contributed by atoms with E-state index >= 15 is 0 Å². The Morgan fingerprint density at radius 1 is 0.906 bits per heavy atom. The van der Waals surface area contributed by atoms with E-state index in [9.17, 15) is 4.79 Å². The maximum absolute atomic E-state index is 13.7. The maximum Gasteiger partial charge on any atom is 0.190 e. The third kappa shape index (κ3) is 4.77. The van der Waals surface area contributed by atoms with E-state index in [2.05, 4.69) is 31.2 Å². The zero-order valence-corrected chi connectivity index (χ0v) is 19.3. The van der Waals surface area contributed by atoms with Crippen molar-refractivity contribution >= 4 is 11.4 Å². The summed E-state index contributed by atoms with van der Waals surface area (Å²) in [6, 6.07) is 23.8. The predicted molar refractivity (Wildman–Crippen MR) is 130 cm³/mol. The van der Waals surface area contributed by atoms with E-state index in [1.165, 1.54) is 0 Å². The van der Waals surface area contributed by atoms with E-state index in [0.717, 1.165) is 40.0 Å². The third-order valence-electron chi connectivity index (χ3n) is 5.34. The number of allylic oxidation sites excluding steroid dienone is 1. The minimum absolute atomic E-state index is 0.0374. The van der Waals surface area contributed by atoms with Crippen molar-refractivity contribution in [1.82, 2.24) is 0 Å². The quantitative estimate of drug-likeness (QED) is 0.386. The Morgan fingerprint density at radius 2 is 1.69 bits per heavy atom. The van der Waals surface area contributed by atoms with Crippen molar-refractivity contribution in [3.8, 4) is 11.5 Å². The summed E-state index contributed by atoms with van der Waals surface area (Å²) in [5, 5.41) is 0. The SMILES string of the molecule is CCCOc1ccc2c(c1)CC(C(=O)c1cccc(OC(C)(C)C)c1)=C2c1ccccc1. The van der Waals surface area contributed by atoms with Crippen molar-refractivity contribution in [1.29, 1.82) is 0 Å². The molecule has 0 spiro atoms. The van der Waals surface area contributed by atoms with Gasteiger partial charge in [-0.15, -0.1) is 0 Å². The Morgan fingerprint density at radius 3 is 2.41 bits per heavy atom. The van der Waals surface area contributed by atoms with Crippen LogP contribution in [0.25, 0.3) is 5.57 Å². The number of Topliss-reactive ketones (excluding diaryl/α,β-unsaturated/α-hetero) is 1. The molecule has 0 amide bonds. The summed E-state index contributed by atoms with van der Waals surface area (Å²) < 4.78 is 11.8. The van der Waals surface area contributed by atoms with Crippen molar-refractivity contribution in [2.75, 3.05) is 6.61 Å².